The Kier molecular flexibility index (Phi) is 11.2. The number of unbranched alkanes of at least 4 members (excludes halogenated alkanes) is 2. The van der Waals surface area contributed by atoms with Crippen LogP contribution in [0.3, 0.4) is 0 Å². The van der Waals surface area contributed by atoms with Crippen molar-refractivity contribution in [3.63, 3.8) is 0 Å². The first kappa shape index (κ1) is 33.6. The molecule has 0 bridgehead atoms. The molecule has 1 atom stereocenters. The summed E-state index contributed by atoms with van der Waals surface area (Å²) in [6.07, 6.45) is 6.03. The van der Waals surface area contributed by atoms with Gasteiger partial charge in [-0.15, -0.1) is 0 Å². The third kappa shape index (κ3) is 7.78. The molecule has 47 heavy (non-hydrogen) atoms. The Balaban J connectivity index is 1.23. The summed E-state index contributed by atoms with van der Waals surface area (Å²) in [5.74, 6) is 2.51. The number of amides is 2. The van der Waals surface area contributed by atoms with Crippen molar-refractivity contribution in [1.29, 1.82) is 0 Å². The lowest BCUT2D eigenvalue weighted by Crippen LogP contribution is -2.49. The van der Waals surface area contributed by atoms with Gasteiger partial charge in [-0.1, -0.05) is 18.6 Å². The first-order valence-corrected chi connectivity index (χ1v) is 16.3. The van der Waals surface area contributed by atoms with Crippen molar-refractivity contribution in [3.8, 4) is 28.4 Å². The molecule has 5 rings (SSSR count). The van der Waals surface area contributed by atoms with Crippen molar-refractivity contribution in [3.05, 3.63) is 70.0 Å². The van der Waals surface area contributed by atoms with Crippen LogP contribution in [-0.2, 0) is 16.0 Å². The van der Waals surface area contributed by atoms with Gasteiger partial charge in [-0.25, -0.2) is 4.98 Å². The van der Waals surface area contributed by atoms with Crippen molar-refractivity contribution in [2.24, 2.45) is 0 Å². The number of anilines is 2. The number of fused-ring (bicyclic) bond motifs is 3. The summed E-state index contributed by atoms with van der Waals surface area (Å²) in [7, 11) is 4.73. The fourth-order valence-corrected chi connectivity index (χ4v) is 6.54. The Morgan fingerprint density at radius 3 is 2.40 bits per heavy atom. The monoisotopic (exact) mass is 643 g/mol. The van der Waals surface area contributed by atoms with Gasteiger partial charge in [-0.2, -0.15) is 0 Å². The van der Waals surface area contributed by atoms with Gasteiger partial charge in [-0.05, 0) is 72.7 Å². The van der Waals surface area contributed by atoms with Crippen molar-refractivity contribution < 1.29 is 23.8 Å². The van der Waals surface area contributed by atoms with Crippen LogP contribution < -0.4 is 35.2 Å². The second-order valence-corrected chi connectivity index (χ2v) is 11.9. The lowest BCUT2D eigenvalue weighted by atomic mass is 9.95. The molecule has 2 N–H and O–H groups in total. The number of pyridine rings is 1. The second-order valence-electron chi connectivity index (χ2n) is 11.9. The van der Waals surface area contributed by atoms with Crippen LogP contribution in [0.5, 0.6) is 17.2 Å². The Bertz CT molecular complexity index is 1620. The molecule has 1 saturated heterocycles. The van der Waals surface area contributed by atoms with Crippen molar-refractivity contribution >= 4 is 23.3 Å². The number of rotatable bonds is 12. The molecule has 2 heterocycles. The number of benzene rings is 1. The van der Waals surface area contributed by atoms with E-state index in [1.807, 2.05) is 35.2 Å². The van der Waals surface area contributed by atoms with E-state index in [1.54, 1.807) is 39.7 Å². The Hall–Kier alpha value is -4.80. The van der Waals surface area contributed by atoms with Gasteiger partial charge >= 0.3 is 0 Å². The number of carbonyl (C=O) groups excluding carboxylic acids is 2. The van der Waals surface area contributed by atoms with E-state index in [0.717, 1.165) is 60.4 Å². The van der Waals surface area contributed by atoms with Crippen LogP contribution in [0.1, 0.15) is 56.2 Å². The summed E-state index contributed by atoms with van der Waals surface area (Å²) >= 11 is 0. The van der Waals surface area contributed by atoms with Gasteiger partial charge in [0.15, 0.2) is 11.5 Å². The van der Waals surface area contributed by atoms with E-state index in [-0.39, 0.29) is 23.3 Å². The minimum Gasteiger partial charge on any atom is -0.493 e. The summed E-state index contributed by atoms with van der Waals surface area (Å²) in [6, 6.07) is 12.8. The normalized spacial score (nSPS) is 15.5. The molecular formula is C36H45N5O6. The number of piperazine rings is 1. The predicted molar refractivity (Wildman–Crippen MR) is 183 cm³/mol. The van der Waals surface area contributed by atoms with Crippen LogP contribution in [0, 0.1) is 0 Å². The topological polar surface area (TPSA) is 122 Å². The molecule has 0 saturated carbocycles. The van der Waals surface area contributed by atoms with Crippen molar-refractivity contribution in [2.45, 2.75) is 51.5 Å². The molecule has 2 aromatic carbocycles. The fourth-order valence-electron chi connectivity index (χ4n) is 6.54. The lowest BCUT2D eigenvalue weighted by molar-refractivity contribution is -0.131. The molecule has 0 radical (unpaired) electrons. The quantitative estimate of drug-likeness (QED) is 0.273. The highest BCUT2D eigenvalue weighted by atomic mass is 16.5. The van der Waals surface area contributed by atoms with Gasteiger partial charge in [0.05, 0.1) is 33.1 Å². The Morgan fingerprint density at radius 2 is 1.72 bits per heavy atom. The molecule has 1 aliphatic carbocycles. The number of methoxy groups -OCH3 is 3. The third-order valence-corrected chi connectivity index (χ3v) is 8.90. The molecule has 250 valence electrons. The first-order chi connectivity index (χ1) is 22.8. The van der Waals surface area contributed by atoms with Crippen molar-refractivity contribution in [1.82, 2.24) is 15.2 Å². The van der Waals surface area contributed by atoms with Crippen molar-refractivity contribution in [2.75, 3.05) is 64.3 Å². The van der Waals surface area contributed by atoms with E-state index >= 15 is 0 Å². The minimum atomic E-state index is -0.361. The van der Waals surface area contributed by atoms with E-state index < -0.39 is 0 Å². The first-order valence-electron chi connectivity index (χ1n) is 16.3. The van der Waals surface area contributed by atoms with Gasteiger partial charge in [0, 0.05) is 57.8 Å². The minimum absolute atomic E-state index is 0.162. The maximum atomic E-state index is 13.5. The predicted octanol–water partition coefficient (Wildman–Crippen LogP) is 4.58. The summed E-state index contributed by atoms with van der Waals surface area (Å²) in [5, 5.41) is 6.35. The molecule has 1 fully saturated rings. The average molecular weight is 644 g/mol. The van der Waals surface area contributed by atoms with Gasteiger partial charge in [-0.3, -0.25) is 14.4 Å². The number of aryl methyl sites for hydroxylation is 1. The van der Waals surface area contributed by atoms with Crippen LogP contribution in [0.25, 0.3) is 11.1 Å². The Morgan fingerprint density at radius 1 is 0.936 bits per heavy atom. The largest absolute Gasteiger partial charge is 0.493 e. The van der Waals surface area contributed by atoms with E-state index in [0.29, 0.717) is 61.8 Å². The highest BCUT2D eigenvalue weighted by molar-refractivity contribution is 5.84. The maximum Gasteiger partial charge on any atom is 0.222 e. The third-order valence-electron chi connectivity index (χ3n) is 8.90. The van der Waals surface area contributed by atoms with Crippen LogP contribution in [0.2, 0.25) is 0 Å². The van der Waals surface area contributed by atoms with Gasteiger partial charge < -0.3 is 34.6 Å². The molecule has 1 aromatic heterocycles. The molecule has 1 aliphatic heterocycles. The maximum absolute atomic E-state index is 13.5. The van der Waals surface area contributed by atoms with Crippen LogP contribution in [0.15, 0.2) is 53.5 Å². The summed E-state index contributed by atoms with van der Waals surface area (Å²) in [5.41, 5.74) is 3.62. The second kappa shape index (κ2) is 15.7. The van der Waals surface area contributed by atoms with Crippen LogP contribution in [-0.4, -0.2) is 75.8 Å². The van der Waals surface area contributed by atoms with E-state index in [9.17, 15) is 14.4 Å². The number of ether oxygens (including phenoxy) is 3. The highest BCUT2D eigenvalue weighted by Gasteiger charge is 2.29. The number of hydrogen-bond acceptors (Lipinski definition) is 9. The number of nitrogens with zero attached hydrogens (tertiary/aromatic N) is 3. The fraction of sp³-hybridized carbons (Fsp3) is 0.444. The number of hydrogen-bond donors (Lipinski definition) is 2. The number of aromatic nitrogens is 1. The zero-order valence-corrected chi connectivity index (χ0v) is 27.8. The van der Waals surface area contributed by atoms with E-state index in [4.69, 9.17) is 14.2 Å². The average Bonchev–Trinajstić information content (AvgIpc) is 3.33. The summed E-state index contributed by atoms with van der Waals surface area (Å²) in [4.78, 5) is 47.1. The van der Waals surface area contributed by atoms with Crippen LogP contribution in [0.4, 0.5) is 11.5 Å². The Labute approximate surface area is 276 Å². The molecular weight excluding hydrogens is 598 g/mol. The molecule has 11 nitrogen and oxygen atoms in total. The molecule has 0 spiro atoms. The molecule has 2 aliphatic rings. The van der Waals surface area contributed by atoms with E-state index in [2.05, 4.69) is 20.5 Å². The smallest absolute Gasteiger partial charge is 0.222 e. The highest BCUT2D eigenvalue weighted by Crippen LogP contribution is 2.50. The molecule has 2 amide bonds. The van der Waals surface area contributed by atoms with Crippen LogP contribution >= 0.6 is 0 Å². The SMILES string of the molecule is COc1cc2c(c(OC)c1OC)-c1ccc(NCCCCCC(=O)N3CCN(c4ccccn4)CC3)c(=O)cc1[C@@H](NC(C)=O)CC2. The lowest BCUT2D eigenvalue weighted by Gasteiger charge is -2.35. The van der Waals surface area contributed by atoms with Gasteiger partial charge in [0.25, 0.3) is 0 Å². The molecule has 3 aromatic rings. The van der Waals surface area contributed by atoms with Gasteiger partial charge in [0.2, 0.25) is 23.0 Å². The zero-order valence-electron chi connectivity index (χ0n) is 27.8. The summed E-state index contributed by atoms with van der Waals surface area (Å²) in [6.45, 7) is 5.06. The summed E-state index contributed by atoms with van der Waals surface area (Å²) < 4.78 is 17.1. The van der Waals surface area contributed by atoms with Gasteiger partial charge in [0.1, 0.15) is 5.82 Å². The van der Waals surface area contributed by atoms with E-state index in [1.165, 1.54) is 6.92 Å². The number of nitrogens with one attached hydrogen (secondary N) is 2. The number of carbonyl (C=O) groups is 2. The standard InChI is InChI=1S/C36H45N5O6/c1-24(42)39-28-14-12-25-22-31(45-2)35(46-3)36(47-4)34(25)26-13-15-29(30(43)23-27(26)28)37-16-8-5-6-11-33(44)41-20-18-40(19-21-41)32-10-7-9-17-38-32/h7,9-10,13,15,17,22-23,28H,5-6,8,11-12,14,16,18-21H2,1-4H3,(H,37,43)(H,39,42)/t28-/m0/s1. The zero-order chi connectivity index (χ0) is 33.3. The molecule has 11 heteroatoms. The molecule has 0 unspecified atom stereocenters.